The lowest BCUT2D eigenvalue weighted by Gasteiger charge is -2.27. The predicted octanol–water partition coefficient (Wildman–Crippen LogP) is 1.89. The van der Waals surface area contributed by atoms with Gasteiger partial charge in [0.1, 0.15) is 0 Å². The second-order valence-corrected chi connectivity index (χ2v) is 7.31. The normalized spacial score (nSPS) is 20.2. The van der Waals surface area contributed by atoms with Crippen LogP contribution in [0.4, 0.5) is 5.69 Å². The first-order valence-electron chi connectivity index (χ1n) is 5.98. The Bertz CT molecular complexity index is 531. The Hall–Kier alpha value is -0.590. The Labute approximate surface area is 117 Å². The number of hydrogen-bond donors (Lipinski definition) is 1. The zero-order valence-corrected chi connectivity index (χ0v) is 12.7. The molecule has 0 bridgehead atoms. The van der Waals surface area contributed by atoms with E-state index in [9.17, 15) is 8.42 Å². The molecule has 1 aromatic carbocycles. The molecule has 0 spiro atoms. The van der Waals surface area contributed by atoms with Crippen molar-refractivity contribution in [2.75, 3.05) is 29.7 Å². The summed E-state index contributed by atoms with van der Waals surface area (Å²) in [6, 6.07) is 5.73. The molecule has 1 aromatic rings. The van der Waals surface area contributed by atoms with Gasteiger partial charge in [0.05, 0.1) is 11.4 Å². The van der Waals surface area contributed by atoms with Gasteiger partial charge >= 0.3 is 0 Å². The van der Waals surface area contributed by atoms with Gasteiger partial charge in [0.2, 0.25) is 10.0 Å². The number of nitrogens with zero attached hydrogens (tertiary/aromatic N) is 1. The maximum Gasteiger partial charge on any atom is 0.235 e. The van der Waals surface area contributed by atoms with Gasteiger partial charge in [0.15, 0.2) is 0 Å². The number of anilines is 1. The second kappa shape index (κ2) is 5.59. The molecule has 0 aliphatic carbocycles. The monoisotopic (exact) mass is 332 g/mol. The average Bonchev–Trinajstić information content (AvgIpc) is 2.27. The second-order valence-electron chi connectivity index (χ2n) is 4.45. The van der Waals surface area contributed by atoms with Crippen molar-refractivity contribution in [2.24, 2.45) is 0 Å². The highest BCUT2D eigenvalue weighted by Crippen LogP contribution is 2.29. The quantitative estimate of drug-likeness (QED) is 0.854. The molecular formula is C12H17BrN2O2S. The number of benzene rings is 1. The molecule has 6 heteroatoms. The van der Waals surface area contributed by atoms with Gasteiger partial charge in [0.25, 0.3) is 0 Å². The van der Waals surface area contributed by atoms with Gasteiger partial charge in [-0.05, 0) is 53.5 Å². The molecule has 1 N–H and O–H groups in total. The summed E-state index contributed by atoms with van der Waals surface area (Å²) in [7, 11) is -3.21. The van der Waals surface area contributed by atoms with E-state index < -0.39 is 10.0 Å². The molecule has 2 rings (SSSR count). The predicted molar refractivity (Wildman–Crippen MR) is 77.5 cm³/mol. The van der Waals surface area contributed by atoms with Crippen LogP contribution in [-0.4, -0.2) is 33.8 Å². The molecule has 0 radical (unpaired) electrons. The molecule has 4 nitrogen and oxygen atoms in total. The van der Waals surface area contributed by atoms with E-state index in [0.29, 0.717) is 19.5 Å². The van der Waals surface area contributed by atoms with Crippen molar-refractivity contribution in [2.45, 2.75) is 13.3 Å². The molecule has 1 heterocycles. The number of halogens is 1. The first kappa shape index (κ1) is 13.8. The maximum atomic E-state index is 12.3. The summed E-state index contributed by atoms with van der Waals surface area (Å²) in [6.45, 7) is 3.91. The zero-order chi connectivity index (χ0) is 13.2. The van der Waals surface area contributed by atoms with E-state index in [-0.39, 0.29) is 5.75 Å². The first-order chi connectivity index (χ1) is 8.50. The highest BCUT2D eigenvalue weighted by Gasteiger charge is 2.24. The fourth-order valence-electron chi connectivity index (χ4n) is 2.02. The minimum Gasteiger partial charge on any atom is -0.315 e. The summed E-state index contributed by atoms with van der Waals surface area (Å²) in [6.07, 6.45) is 0.655. The van der Waals surface area contributed by atoms with Crippen molar-refractivity contribution >= 4 is 31.6 Å². The molecule has 0 amide bonds. The lowest BCUT2D eigenvalue weighted by atomic mass is 10.2. The summed E-state index contributed by atoms with van der Waals surface area (Å²) in [4.78, 5) is 0. The molecule has 0 saturated carbocycles. The van der Waals surface area contributed by atoms with Crippen molar-refractivity contribution in [3.05, 3.63) is 28.2 Å². The van der Waals surface area contributed by atoms with Crippen LogP contribution in [0.1, 0.15) is 12.0 Å². The standard InChI is InChI=1S/C12H17BrN2O2S/c1-10-3-4-12(11(13)9-10)15-7-6-14-5-2-8-18(15,16)17/h3-4,9,14H,2,5-8H2,1H3. The lowest BCUT2D eigenvalue weighted by Crippen LogP contribution is -2.41. The molecule has 100 valence electrons. The molecule has 1 aliphatic heterocycles. The third-order valence-corrected chi connectivity index (χ3v) is 5.45. The summed E-state index contributed by atoms with van der Waals surface area (Å²) in [5.74, 6) is 0.195. The van der Waals surface area contributed by atoms with Crippen LogP contribution in [0, 0.1) is 6.92 Å². The molecule has 1 saturated heterocycles. The van der Waals surface area contributed by atoms with Gasteiger partial charge in [0, 0.05) is 17.6 Å². The molecule has 0 aromatic heterocycles. The van der Waals surface area contributed by atoms with Gasteiger partial charge in [-0.3, -0.25) is 4.31 Å². The molecule has 0 atom stereocenters. The summed E-state index contributed by atoms with van der Waals surface area (Å²) < 4.78 is 26.9. The number of hydrogen-bond acceptors (Lipinski definition) is 3. The largest absolute Gasteiger partial charge is 0.315 e. The zero-order valence-electron chi connectivity index (χ0n) is 10.3. The fourth-order valence-corrected chi connectivity index (χ4v) is 4.40. The third kappa shape index (κ3) is 3.05. The lowest BCUT2D eigenvalue weighted by molar-refractivity contribution is 0.572. The smallest absolute Gasteiger partial charge is 0.235 e. The van der Waals surface area contributed by atoms with Crippen molar-refractivity contribution in [3.8, 4) is 0 Å². The van der Waals surface area contributed by atoms with Crippen molar-refractivity contribution in [3.63, 3.8) is 0 Å². The van der Waals surface area contributed by atoms with Gasteiger partial charge in [-0.15, -0.1) is 0 Å². The van der Waals surface area contributed by atoms with Gasteiger partial charge < -0.3 is 5.32 Å². The van der Waals surface area contributed by atoms with Crippen molar-refractivity contribution in [1.29, 1.82) is 0 Å². The van der Waals surface area contributed by atoms with E-state index >= 15 is 0 Å². The van der Waals surface area contributed by atoms with Crippen LogP contribution in [0.15, 0.2) is 22.7 Å². The van der Waals surface area contributed by atoms with Crippen LogP contribution in [0.2, 0.25) is 0 Å². The van der Waals surface area contributed by atoms with Crippen LogP contribution in [-0.2, 0) is 10.0 Å². The number of rotatable bonds is 1. The van der Waals surface area contributed by atoms with Gasteiger partial charge in [-0.25, -0.2) is 8.42 Å². The Balaban J connectivity index is 2.38. The minimum atomic E-state index is -3.21. The van der Waals surface area contributed by atoms with Crippen molar-refractivity contribution in [1.82, 2.24) is 5.32 Å². The Kier molecular flexibility index (Phi) is 4.29. The molecule has 1 fully saturated rings. The van der Waals surface area contributed by atoms with E-state index in [2.05, 4.69) is 21.2 Å². The van der Waals surface area contributed by atoms with Crippen LogP contribution >= 0.6 is 15.9 Å². The molecule has 0 unspecified atom stereocenters. The summed E-state index contributed by atoms with van der Waals surface area (Å²) in [5.41, 5.74) is 1.83. The maximum absolute atomic E-state index is 12.3. The molecular weight excluding hydrogens is 316 g/mol. The molecule has 1 aliphatic rings. The Morgan fingerprint density at radius 2 is 2.11 bits per heavy atom. The Morgan fingerprint density at radius 3 is 2.83 bits per heavy atom. The van der Waals surface area contributed by atoms with E-state index in [1.807, 2.05) is 25.1 Å². The third-order valence-electron chi connectivity index (χ3n) is 2.96. The van der Waals surface area contributed by atoms with Crippen LogP contribution in [0.5, 0.6) is 0 Å². The average molecular weight is 333 g/mol. The summed E-state index contributed by atoms with van der Waals surface area (Å²) in [5, 5.41) is 3.23. The fraction of sp³-hybridized carbons (Fsp3) is 0.500. The van der Waals surface area contributed by atoms with Crippen molar-refractivity contribution < 1.29 is 8.42 Å². The minimum absolute atomic E-state index is 0.195. The highest BCUT2D eigenvalue weighted by molar-refractivity contribution is 9.10. The Morgan fingerprint density at radius 1 is 1.33 bits per heavy atom. The van der Waals surface area contributed by atoms with Gasteiger partial charge in [-0.2, -0.15) is 0 Å². The first-order valence-corrected chi connectivity index (χ1v) is 8.38. The number of sulfonamides is 1. The topological polar surface area (TPSA) is 49.4 Å². The van der Waals surface area contributed by atoms with E-state index in [0.717, 1.165) is 22.3 Å². The number of nitrogens with one attached hydrogen (secondary N) is 1. The SMILES string of the molecule is Cc1ccc(N2CCNCCCS2(=O)=O)c(Br)c1. The summed E-state index contributed by atoms with van der Waals surface area (Å²) >= 11 is 3.45. The van der Waals surface area contributed by atoms with E-state index in [1.54, 1.807) is 0 Å². The van der Waals surface area contributed by atoms with E-state index in [1.165, 1.54) is 4.31 Å². The number of aryl methyl sites for hydroxylation is 1. The van der Waals surface area contributed by atoms with Crippen LogP contribution < -0.4 is 9.62 Å². The highest BCUT2D eigenvalue weighted by atomic mass is 79.9. The van der Waals surface area contributed by atoms with Crippen LogP contribution in [0.3, 0.4) is 0 Å². The molecule has 18 heavy (non-hydrogen) atoms. The van der Waals surface area contributed by atoms with Gasteiger partial charge in [-0.1, -0.05) is 6.07 Å². The van der Waals surface area contributed by atoms with E-state index in [4.69, 9.17) is 0 Å². The van der Waals surface area contributed by atoms with Crippen LogP contribution in [0.25, 0.3) is 0 Å².